The number of nitrogens with one attached hydrogen (secondary N) is 1. The van der Waals surface area contributed by atoms with Gasteiger partial charge in [-0.3, -0.25) is 14.7 Å². The number of nitrogens with zero attached hydrogens (tertiary/aromatic N) is 2. The van der Waals surface area contributed by atoms with Gasteiger partial charge in [0.05, 0.1) is 12.8 Å². The fourth-order valence-corrected chi connectivity index (χ4v) is 0.979. The summed E-state index contributed by atoms with van der Waals surface area (Å²) in [7, 11) is 0. The van der Waals surface area contributed by atoms with Crippen LogP contribution in [0.25, 0.3) is 0 Å². The molecule has 1 aromatic heterocycles. The van der Waals surface area contributed by atoms with E-state index in [1.807, 2.05) is 0 Å². The van der Waals surface area contributed by atoms with Crippen LogP contribution in [0.1, 0.15) is 24.5 Å². The highest BCUT2D eigenvalue weighted by atomic mass is 16.4. The molecule has 0 saturated heterocycles. The van der Waals surface area contributed by atoms with E-state index in [-0.39, 0.29) is 25.0 Å². The van der Waals surface area contributed by atoms with Gasteiger partial charge in [0, 0.05) is 6.42 Å². The normalized spacial score (nSPS) is 10.1. The van der Waals surface area contributed by atoms with Gasteiger partial charge in [-0.15, -0.1) is 0 Å². The lowest BCUT2D eigenvalue weighted by molar-refractivity contribution is -0.138. The van der Waals surface area contributed by atoms with Crippen LogP contribution in [0.15, 0.2) is 0 Å². The summed E-state index contributed by atoms with van der Waals surface area (Å²) in [5.74, 6) is -0.0696. The van der Waals surface area contributed by atoms with Crippen LogP contribution in [-0.4, -0.2) is 32.0 Å². The predicted octanol–water partition coefficient (Wildman–Crippen LogP) is 0.0895. The Labute approximate surface area is 80.4 Å². The second kappa shape index (κ2) is 4.50. The number of carbonyl (C=O) groups excluding carboxylic acids is 1. The van der Waals surface area contributed by atoms with Crippen molar-refractivity contribution in [2.75, 3.05) is 0 Å². The zero-order valence-electron chi connectivity index (χ0n) is 7.78. The predicted molar refractivity (Wildman–Crippen MR) is 46.7 cm³/mol. The van der Waals surface area contributed by atoms with E-state index in [9.17, 15) is 9.59 Å². The van der Waals surface area contributed by atoms with Gasteiger partial charge < -0.3 is 5.11 Å². The molecule has 1 heterocycles. The third-order valence-electron chi connectivity index (χ3n) is 1.62. The fourth-order valence-electron chi connectivity index (χ4n) is 0.979. The zero-order chi connectivity index (χ0) is 10.6. The van der Waals surface area contributed by atoms with Gasteiger partial charge in [0.15, 0.2) is 5.82 Å². The van der Waals surface area contributed by atoms with Crippen LogP contribution in [-0.2, 0) is 16.0 Å². The number of H-pyrrole nitrogens is 1. The number of ketones is 1. The van der Waals surface area contributed by atoms with Gasteiger partial charge in [-0.1, -0.05) is 0 Å². The van der Waals surface area contributed by atoms with Crippen LogP contribution in [0, 0.1) is 6.92 Å². The molecule has 0 aliphatic heterocycles. The van der Waals surface area contributed by atoms with E-state index in [1.54, 1.807) is 6.92 Å². The van der Waals surface area contributed by atoms with E-state index in [0.717, 1.165) is 0 Å². The summed E-state index contributed by atoms with van der Waals surface area (Å²) in [4.78, 5) is 25.3. The smallest absolute Gasteiger partial charge is 0.303 e. The summed E-state index contributed by atoms with van der Waals surface area (Å²) < 4.78 is 0. The molecule has 0 fully saturated rings. The monoisotopic (exact) mass is 197 g/mol. The lowest BCUT2D eigenvalue weighted by atomic mass is 10.1. The number of aromatic nitrogens is 3. The van der Waals surface area contributed by atoms with E-state index < -0.39 is 5.97 Å². The molecule has 6 nitrogen and oxygen atoms in total. The molecule has 6 heteroatoms. The van der Waals surface area contributed by atoms with E-state index in [4.69, 9.17) is 5.11 Å². The standard InChI is InChI=1S/C8H11N3O3/c1-5-9-7(11-10-5)4-6(12)2-3-8(13)14/h2-4H2,1H3,(H,13,14)(H,9,10,11). The summed E-state index contributed by atoms with van der Waals surface area (Å²) in [5.41, 5.74) is 0. The summed E-state index contributed by atoms with van der Waals surface area (Å²) >= 11 is 0. The van der Waals surface area contributed by atoms with Crippen molar-refractivity contribution in [2.24, 2.45) is 0 Å². The molecule has 2 N–H and O–H groups in total. The lowest BCUT2D eigenvalue weighted by Crippen LogP contribution is -2.07. The minimum absolute atomic E-state index is 0.0307. The molecular weight excluding hydrogens is 186 g/mol. The quantitative estimate of drug-likeness (QED) is 0.697. The van der Waals surface area contributed by atoms with Crippen molar-refractivity contribution in [3.8, 4) is 0 Å². The molecule has 1 rings (SSSR count). The molecule has 0 atom stereocenters. The number of hydrogen-bond donors (Lipinski definition) is 2. The van der Waals surface area contributed by atoms with Crippen LogP contribution < -0.4 is 0 Å². The maximum Gasteiger partial charge on any atom is 0.303 e. The Kier molecular flexibility index (Phi) is 3.33. The molecule has 76 valence electrons. The average molecular weight is 197 g/mol. The molecular formula is C8H11N3O3. The highest BCUT2D eigenvalue weighted by molar-refractivity contribution is 5.83. The number of aliphatic carboxylic acids is 1. The van der Waals surface area contributed by atoms with Crippen LogP contribution in [0.4, 0.5) is 0 Å². The van der Waals surface area contributed by atoms with E-state index in [1.165, 1.54) is 0 Å². The van der Waals surface area contributed by atoms with Gasteiger partial charge in [-0.2, -0.15) is 5.10 Å². The maximum absolute atomic E-state index is 11.2. The highest BCUT2D eigenvalue weighted by Gasteiger charge is 2.09. The van der Waals surface area contributed by atoms with Crippen molar-refractivity contribution in [3.05, 3.63) is 11.6 Å². The molecule has 0 amide bonds. The van der Waals surface area contributed by atoms with Gasteiger partial charge in [0.25, 0.3) is 0 Å². The van der Waals surface area contributed by atoms with Crippen molar-refractivity contribution in [2.45, 2.75) is 26.2 Å². The molecule has 0 saturated carbocycles. The van der Waals surface area contributed by atoms with Gasteiger partial charge in [0.1, 0.15) is 11.6 Å². The molecule has 0 bridgehead atoms. The minimum atomic E-state index is -0.968. The van der Waals surface area contributed by atoms with Crippen LogP contribution in [0.2, 0.25) is 0 Å². The number of hydrogen-bond acceptors (Lipinski definition) is 4. The number of rotatable bonds is 5. The van der Waals surface area contributed by atoms with Crippen LogP contribution >= 0.6 is 0 Å². The van der Waals surface area contributed by atoms with E-state index >= 15 is 0 Å². The molecule has 0 aliphatic rings. The number of carboxylic acids is 1. The van der Waals surface area contributed by atoms with Crippen LogP contribution in [0.3, 0.4) is 0 Å². The highest BCUT2D eigenvalue weighted by Crippen LogP contribution is 1.98. The molecule has 1 aromatic rings. The molecule has 0 aromatic carbocycles. The van der Waals surface area contributed by atoms with Crippen LogP contribution in [0.5, 0.6) is 0 Å². The Morgan fingerprint density at radius 3 is 2.64 bits per heavy atom. The Morgan fingerprint density at radius 2 is 2.14 bits per heavy atom. The number of aryl methyl sites for hydroxylation is 1. The summed E-state index contributed by atoms with van der Waals surface area (Å²) in [6.07, 6.45) is -0.0111. The Morgan fingerprint density at radius 1 is 1.43 bits per heavy atom. The molecule has 14 heavy (non-hydrogen) atoms. The number of aromatic amines is 1. The van der Waals surface area contributed by atoms with Gasteiger partial charge in [-0.05, 0) is 6.92 Å². The molecule has 0 unspecified atom stereocenters. The third kappa shape index (κ3) is 3.34. The summed E-state index contributed by atoms with van der Waals surface area (Å²) in [6.45, 7) is 1.73. The fraction of sp³-hybridized carbons (Fsp3) is 0.500. The Hall–Kier alpha value is -1.72. The van der Waals surface area contributed by atoms with Crippen molar-refractivity contribution in [1.29, 1.82) is 0 Å². The van der Waals surface area contributed by atoms with Crippen molar-refractivity contribution >= 4 is 11.8 Å². The minimum Gasteiger partial charge on any atom is -0.481 e. The third-order valence-corrected chi connectivity index (χ3v) is 1.62. The second-order valence-corrected chi connectivity index (χ2v) is 2.95. The van der Waals surface area contributed by atoms with Crippen molar-refractivity contribution in [1.82, 2.24) is 15.2 Å². The van der Waals surface area contributed by atoms with E-state index in [2.05, 4.69) is 15.2 Å². The lowest BCUT2D eigenvalue weighted by Gasteiger charge is -1.93. The molecule has 0 radical (unpaired) electrons. The first kappa shape index (κ1) is 10.4. The summed E-state index contributed by atoms with van der Waals surface area (Å²) in [5, 5.41) is 14.7. The van der Waals surface area contributed by atoms with Crippen molar-refractivity contribution in [3.63, 3.8) is 0 Å². The summed E-state index contributed by atoms with van der Waals surface area (Å²) in [6, 6.07) is 0. The number of carboxylic acid groups (broad SMARTS) is 1. The first-order valence-corrected chi connectivity index (χ1v) is 4.19. The van der Waals surface area contributed by atoms with E-state index in [0.29, 0.717) is 11.6 Å². The van der Waals surface area contributed by atoms with Gasteiger partial charge >= 0.3 is 5.97 Å². The first-order chi connectivity index (χ1) is 6.58. The van der Waals surface area contributed by atoms with Gasteiger partial charge in [-0.25, -0.2) is 4.98 Å². The van der Waals surface area contributed by atoms with Gasteiger partial charge in [0.2, 0.25) is 0 Å². The molecule has 0 aliphatic carbocycles. The second-order valence-electron chi connectivity index (χ2n) is 2.95. The van der Waals surface area contributed by atoms with Crippen molar-refractivity contribution < 1.29 is 14.7 Å². The maximum atomic E-state index is 11.2. The zero-order valence-corrected chi connectivity index (χ0v) is 7.78. The first-order valence-electron chi connectivity index (χ1n) is 4.19. The number of Topliss-reactive ketones (excluding diaryl/α,β-unsaturated/α-hetero) is 1. The average Bonchev–Trinajstić information content (AvgIpc) is 2.48. The number of carbonyl (C=O) groups is 2. The topological polar surface area (TPSA) is 95.9 Å². The largest absolute Gasteiger partial charge is 0.481 e. The Balaban J connectivity index is 2.37. The molecule has 0 spiro atoms. The SMILES string of the molecule is Cc1nc(CC(=O)CCC(=O)O)n[nH]1. The Bertz CT molecular complexity index is 345.